The molecule has 3 heteroatoms. The van der Waals surface area contributed by atoms with E-state index in [4.69, 9.17) is 0 Å². The summed E-state index contributed by atoms with van der Waals surface area (Å²) >= 11 is 1.55. The van der Waals surface area contributed by atoms with E-state index in [0.717, 1.165) is 5.03 Å². The van der Waals surface area contributed by atoms with Gasteiger partial charge in [0.2, 0.25) is 5.91 Å². The lowest BCUT2D eigenvalue weighted by Gasteiger charge is -1.88. The summed E-state index contributed by atoms with van der Waals surface area (Å²) in [6.45, 7) is 5.91. The van der Waals surface area contributed by atoms with Crippen LogP contribution in [0.1, 0.15) is 20.8 Å². The van der Waals surface area contributed by atoms with E-state index in [-0.39, 0.29) is 5.91 Å². The minimum absolute atomic E-state index is 0.114. The van der Waals surface area contributed by atoms with E-state index < -0.39 is 0 Å². The van der Waals surface area contributed by atoms with E-state index in [1.807, 2.05) is 26.8 Å². The van der Waals surface area contributed by atoms with E-state index in [9.17, 15) is 4.79 Å². The molecule has 0 aromatic heterocycles. The first-order valence-corrected chi connectivity index (χ1v) is 4.40. The predicted molar refractivity (Wildman–Crippen MR) is 45.7 cm³/mol. The molecule has 0 aromatic carbocycles. The van der Waals surface area contributed by atoms with Crippen molar-refractivity contribution >= 4 is 17.7 Å². The first-order valence-electron chi connectivity index (χ1n) is 3.42. The van der Waals surface area contributed by atoms with Gasteiger partial charge < -0.3 is 5.32 Å². The van der Waals surface area contributed by atoms with Crippen LogP contribution in [0.25, 0.3) is 0 Å². The van der Waals surface area contributed by atoms with Crippen molar-refractivity contribution in [2.45, 2.75) is 20.8 Å². The molecule has 1 aliphatic rings. The van der Waals surface area contributed by atoms with Gasteiger partial charge in [-0.15, -0.1) is 0 Å². The number of amides is 1. The second-order valence-electron chi connectivity index (χ2n) is 1.49. The Balaban J connectivity index is 0.000000371. The predicted octanol–water partition coefficient (Wildman–Crippen LogP) is 1.74. The molecule has 0 saturated carbocycles. The van der Waals surface area contributed by atoms with Crippen molar-refractivity contribution in [2.75, 3.05) is 5.75 Å². The fourth-order valence-corrected chi connectivity index (χ4v) is 1.22. The summed E-state index contributed by atoms with van der Waals surface area (Å²) in [4.78, 5) is 10.4. The number of nitrogens with one attached hydrogen (secondary N) is 1. The molecule has 1 fully saturated rings. The summed E-state index contributed by atoms with van der Waals surface area (Å²) in [6, 6.07) is 0. The van der Waals surface area contributed by atoms with Crippen LogP contribution in [0.15, 0.2) is 11.1 Å². The van der Waals surface area contributed by atoms with E-state index >= 15 is 0 Å². The maximum atomic E-state index is 10.4. The van der Waals surface area contributed by atoms with Crippen LogP contribution >= 0.6 is 11.8 Å². The van der Waals surface area contributed by atoms with E-state index in [0.29, 0.717) is 5.75 Å². The van der Waals surface area contributed by atoms with Gasteiger partial charge in [0, 0.05) is 0 Å². The zero-order valence-electron chi connectivity index (χ0n) is 6.60. The van der Waals surface area contributed by atoms with E-state index in [1.165, 1.54) is 0 Å². The Morgan fingerprint density at radius 3 is 2.40 bits per heavy atom. The highest BCUT2D eigenvalue weighted by atomic mass is 32.2. The molecule has 0 spiro atoms. The van der Waals surface area contributed by atoms with Gasteiger partial charge in [-0.3, -0.25) is 4.79 Å². The van der Waals surface area contributed by atoms with Crippen molar-refractivity contribution in [1.82, 2.24) is 5.32 Å². The van der Waals surface area contributed by atoms with Crippen LogP contribution in [0, 0.1) is 0 Å². The quantitative estimate of drug-likeness (QED) is 0.583. The minimum Gasteiger partial charge on any atom is -0.320 e. The van der Waals surface area contributed by atoms with Crippen LogP contribution in [0.2, 0.25) is 0 Å². The smallest absolute Gasteiger partial charge is 0.235 e. The highest BCUT2D eigenvalue weighted by Gasteiger charge is 2.12. The van der Waals surface area contributed by atoms with Gasteiger partial charge in [-0.05, 0) is 6.92 Å². The molecule has 10 heavy (non-hydrogen) atoms. The second kappa shape index (κ2) is 5.35. The van der Waals surface area contributed by atoms with Crippen molar-refractivity contribution in [3.8, 4) is 0 Å². The van der Waals surface area contributed by atoms with Gasteiger partial charge in [0.15, 0.2) is 0 Å². The van der Waals surface area contributed by atoms with E-state index in [1.54, 1.807) is 11.8 Å². The average Bonchev–Trinajstić information content (AvgIpc) is 2.40. The number of hydrogen-bond acceptors (Lipinski definition) is 2. The molecule has 0 aliphatic carbocycles. The molecule has 1 heterocycles. The number of rotatable bonds is 0. The summed E-state index contributed by atoms with van der Waals surface area (Å²) in [5, 5.41) is 3.67. The molecule has 0 bridgehead atoms. The Bertz CT molecular complexity index is 143. The van der Waals surface area contributed by atoms with Crippen LogP contribution in [-0.2, 0) is 4.79 Å². The fraction of sp³-hybridized carbons (Fsp3) is 0.571. The zero-order chi connectivity index (χ0) is 7.98. The number of allylic oxidation sites excluding steroid dienone is 1. The molecule has 1 amide bonds. The van der Waals surface area contributed by atoms with Crippen LogP contribution in [0.5, 0.6) is 0 Å². The maximum Gasteiger partial charge on any atom is 0.235 e. The molecule has 0 aromatic rings. The molecular formula is C7H13NOS. The number of thioether (sulfide) groups is 1. The summed E-state index contributed by atoms with van der Waals surface area (Å²) in [7, 11) is 0. The first-order chi connectivity index (χ1) is 4.83. The highest BCUT2D eigenvalue weighted by molar-refractivity contribution is 8.04. The molecule has 0 unspecified atom stereocenters. The molecule has 1 aliphatic heterocycles. The monoisotopic (exact) mass is 159 g/mol. The second-order valence-corrected chi connectivity index (χ2v) is 2.51. The van der Waals surface area contributed by atoms with Crippen LogP contribution in [-0.4, -0.2) is 11.7 Å². The SMILES string of the molecule is CC.CC=C1NC(=O)CS1. The lowest BCUT2D eigenvalue weighted by Crippen LogP contribution is -2.13. The van der Waals surface area contributed by atoms with E-state index in [2.05, 4.69) is 5.32 Å². The Morgan fingerprint density at radius 1 is 1.60 bits per heavy atom. The molecule has 0 radical (unpaired) electrons. The number of carbonyl (C=O) groups excluding carboxylic acids is 1. The van der Waals surface area contributed by atoms with Crippen molar-refractivity contribution in [3.63, 3.8) is 0 Å². The number of hydrogen-bond donors (Lipinski definition) is 1. The highest BCUT2D eigenvalue weighted by Crippen LogP contribution is 2.17. The van der Waals surface area contributed by atoms with Crippen LogP contribution in [0.3, 0.4) is 0 Å². The molecule has 1 N–H and O–H groups in total. The van der Waals surface area contributed by atoms with Gasteiger partial charge in [-0.1, -0.05) is 31.7 Å². The molecular weight excluding hydrogens is 146 g/mol. The normalized spacial score (nSPS) is 19.9. The lowest BCUT2D eigenvalue weighted by atomic mass is 10.6. The van der Waals surface area contributed by atoms with Crippen LogP contribution < -0.4 is 5.32 Å². The fourth-order valence-electron chi connectivity index (χ4n) is 0.508. The average molecular weight is 159 g/mol. The van der Waals surface area contributed by atoms with Gasteiger partial charge in [0.1, 0.15) is 0 Å². The summed E-state index contributed by atoms with van der Waals surface area (Å²) in [5.74, 6) is 0.697. The molecule has 0 atom stereocenters. The largest absolute Gasteiger partial charge is 0.320 e. The molecule has 1 rings (SSSR count). The molecule has 58 valence electrons. The minimum atomic E-state index is 0.114. The Labute approximate surface area is 66.1 Å². The topological polar surface area (TPSA) is 29.1 Å². The Hall–Kier alpha value is -0.440. The molecule has 1 saturated heterocycles. The zero-order valence-corrected chi connectivity index (χ0v) is 7.42. The first kappa shape index (κ1) is 9.56. The summed E-state index contributed by atoms with van der Waals surface area (Å²) in [6.07, 6.45) is 1.90. The lowest BCUT2D eigenvalue weighted by molar-refractivity contribution is -0.117. The number of carbonyl (C=O) groups is 1. The third kappa shape index (κ3) is 2.92. The Morgan fingerprint density at radius 2 is 2.20 bits per heavy atom. The van der Waals surface area contributed by atoms with Gasteiger partial charge >= 0.3 is 0 Å². The van der Waals surface area contributed by atoms with Gasteiger partial charge in [-0.2, -0.15) is 0 Å². The standard InChI is InChI=1S/C5H7NOS.C2H6/c1-2-5-6-4(7)3-8-5;1-2/h2H,3H2,1H3,(H,6,7);1-2H3. The third-order valence-electron chi connectivity index (χ3n) is 0.884. The van der Waals surface area contributed by atoms with Gasteiger partial charge in [0.05, 0.1) is 10.8 Å². The van der Waals surface area contributed by atoms with Gasteiger partial charge in [-0.25, -0.2) is 0 Å². The van der Waals surface area contributed by atoms with Crippen molar-refractivity contribution < 1.29 is 4.79 Å². The van der Waals surface area contributed by atoms with Gasteiger partial charge in [0.25, 0.3) is 0 Å². The van der Waals surface area contributed by atoms with Crippen molar-refractivity contribution in [1.29, 1.82) is 0 Å². The van der Waals surface area contributed by atoms with Crippen molar-refractivity contribution in [2.24, 2.45) is 0 Å². The van der Waals surface area contributed by atoms with Crippen LogP contribution in [0.4, 0.5) is 0 Å². The maximum absolute atomic E-state index is 10.4. The third-order valence-corrected chi connectivity index (χ3v) is 1.94. The van der Waals surface area contributed by atoms with Crippen molar-refractivity contribution in [3.05, 3.63) is 11.1 Å². The Kier molecular flexibility index (Phi) is 5.12. The summed E-state index contributed by atoms with van der Waals surface area (Å²) in [5.41, 5.74) is 0. The summed E-state index contributed by atoms with van der Waals surface area (Å²) < 4.78 is 0. The molecule has 2 nitrogen and oxygen atoms in total.